The van der Waals surface area contributed by atoms with Crippen molar-refractivity contribution in [3.05, 3.63) is 281 Å². The Kier molecular flexibility index (Phi) is 22.8. The summed E-state index contributed by atoms with van der Waals surface area (Å²) >= 11 is 26.9. The van der Waals surface area contributed by atoms with Gasteiger partial charge in [-0.3, -0.25) is 20.4 Å². The molecule has 0 unspecified atom stereocenters. The topological polar surface area (TPSA) is 268 Å². The van der Waals surface area contributed by atoms with E-state index in [1.54, 1.807) is 43.9 Å². The van der Waals surface area contributed by atoms with Crippen molar-refractivity contribution in [2.75, 3.05) is 47.4 Å². The number of urea groups is 4. The number of anilines is 4. The van der Waals surface area contributed by atoms with Crippen LogP contribution in [-0.4, -0.2) is 111 Å². The molecule has 8 heterocycles. The Morgan fingerprint density at radius 1 is 0.415 bits per heavy atom. The molecule has 106 heavy (non-hydrogen) atoms. The van der Waals surface area contributed by atoms with Gasteiger partial charge < -0.3 is 40.9 Å². The molecule has 0 aliphatic carbocycles. The van der Waals surface area contributed by atoms with E-state index in [1.165, 1.54) is 18.2 Å². The highest BCUT2D eigenvalue weighted by Crippen LogP contribution is 2.35. The van der Waals surface area contributed by atoms with Gasteiger partial charge in [-0.1, -0.05) is 168 Å². The molecule has 0 saturated carbocycles. The van der Waals surface area contributed by atoms with Crippen LogP contribution in [-0.2, 0) is 51.9 Å². The minimum atomic E-state index is -0.990. The first kappa shape index (κ1) is 72.9. The maximum absolute atomic E-state index is 14.0. The summed E-state index contributed by atoms with van der Waals surface area (Å²) in [6.07, 6.45) is 2.72. The first-order valence-corrected chi connectivity index (χ1v) is 35.7. The molecule has 29 heteroatoms. The lowest BCUT2D eigenvalue weighted by molar-refractivity contribution is 0.205. The van der Waals surface area contributed by atoms with E-state index >= 15 is 0 Å². The quantitative estimate of drug-likeness (QED) is 0.0671. The van der Waals surface area contributed by atoms with Crippen LogP contribution >= 0.6 is 62.3 Å². The van der Waals surface area contributed by atoms with Crippen molar-refractivity contribution in [3.63, 3.8) is 0 Å². The van der Waals surface area contributed by atoms with E-state index in [9.17, 15) is 37.6 Å². The van der Waals surface area contributed by atoms with Gasteiger partial charge in [-0.15, -0.1) is 0 Å². The van der Waals surface area contributed by atoms with Crippen LogP contribution in [0, 0.1) is 28.8 Å². The number of H-pyrrole nitrogens is 4. The molecule has 8 N–H and O–H groups in total. The number of aromatic nitrogens is 8. The highest BCUT2D eigenvalue weighted by Gasteiger charge is 2.31. The van der Waals surface area contributed by atoms with Crippen molar-refractivity contribution >= 4 is 109 Å². The Hall–Kier alpha value is -11.4. The van der Waals surface area contributed by atoms with Gasteiger partial charge in [0.05, 0.1) is 76.6 Å². The van der Waals surface area contributed by atoms with Gasteiger partial charge in [-0.25, -0.2) is 32.3 Å². The predicted octanol–water partition coefficient (Wildman–Crippen LogP) is 18.3. The Bertz CT molecular complexity index is 5260. The van der Waals surface area contributed by atoms with Gasteiger partial charge in [0, 0.05) is 139 Å². The van der Waals surface area contributed by atoms with Crippen molar-refractivity contribution in [2.24, 2.45) is 0 Å². The lowest BCUT2D eigenvalue weighted by Crippen LogP contribution is -2.39. The summed E-state index contributed by atoms with van der Waals surface area (Å²) in [7, 11) is 0. The normalized spacial score (nSPS) is 13.3. The van der Waals surface area contributed by atoms with Crippen molar-refractivity contribution in [3.8, 4) is 51.1 Å². The molecule has 0 atom stereocenters. The van der Waals surface area contributed by atoms with Crippen molar-refractivity contribution in [1.82, 2.24) is 60.4 Å². The molecule has 8 amide bonds. The summed E-state index contributed by atoms with van der Waals surface area (Å²) in [5.74, 6) is -2.38. The zero-order chi connectivity index (χ0) is 74.0. The highest BCUT2D eigenvalue weighted by molar-refractivity contribution is 9.10. The number of hydrogen-bond donors (Lipinski definition) is 8. The number of fused-ring (bicyclic) bond motifs is 4. The van der Waals surface area contributed by atoms with E-state index in [-0.39, 0.29) is 29.5 Å². The lowest BCUT2D eigenvalue weighted by Gasteiger charge is -2.27. The summed E-state index contributed by atoms with van der Waals surface area (Å²) in [6, 6.07) is 56.6. The molecule has 536 valence electrons. The second-order valence-corrected chi connectivity index (χ2v) is 27.3. The molecule has 4 aliphatic rings. The number of aromatic amines is 4. The molecule has 21 nitrogen and oxygen atoms in total. The first-order valence-electron chi connectivity index (χ1n) is 33.4. The van der Waals surface area contributed by atoms with Crippen LogP contribution in [0.5, 0.6) is 0 Å². The van der Waals surface area contributed by atoms with Gasteiger partial charge in [0.2, 0.25) is 0 Å². The number of rotatable bonds is 8. The number of halogens is 8. The summed E-state index contributed by atoms with van der Waals surface area (Å²) in [5, 5.41) is 50.7. The number of carbonyl (C=O) groups is 4. The van der Waals surface area contributed by atoms with Crippen molar-refractivity contribution in [2.45, 2.75) is 51.9 Å². The van der Waals surface area contributed by atoms with Gasteiger partial charge in [0.15, 0.2) is 5.82 Å². The third-order valence-corrected chi connectivity index (χ3v) is 20.1. The van der Waals surface area contributed by atoms with E-state index in [2.05, 4.69) is 84.1 Å². The average molecular weight is 1570 g/mol. The van der Waals surface area contributed by atoms with Crippen LogP contribution in [0.15, 0.2) is 193 Å². The van der Waals surface area contributed by atoms with Gasteiger partial charge >= 0.3 is 24.1 Å². The Balaban J connectivity index is 0.000000125. The molecule has 0 saturated heterocycles. The fourth-order valence-corrected chi connectivity index (χ4v) is 13.4. The zero-order valence-corrected chi connectivity index (χ0v) is 60.7. The van der Waals surface area contributed by atoms with E-state index in [0.29, 0.717) is 104 Å². The third-order valence-electron chi connectivity index (χ3n) is 18.0. The Labute approximate surface area is 634 Å². The summed E-state index contributed by atoms with van der Waals surface area (Å²) < 4.78 is 42.0. The predicted molar refractivity (Wildman–Crippen MR) is 407 cm³/mol. The number of nitrogens with one attached hydrogen (secondary N) is 8. The Morgan fingerprint density at radius 3 is 1.15 bits per heavy atom. The Morgan fingerprint density at radius 2 is 0.764 bits per heavy atom. The van der Waals surface area contributed by atoms with Crippen LogP contribution in [0.1, 0.15) is 50.6 Å². The van der Waals surface area contributed by atoms with E-state index in [4.69, 9.17) is 46.4 Å². The minimum absolute atomic E-state index is 0.0729. The summed E-state index contributed by atoms with van der Waals surface area (Å²) in [5.41, 5.74) is 17.0. The first-order chi connectivity index (χ1) is 51.4. The molecule has 8 aromatic carbocycles. The molecular formula is C77H63BrCl4F3N17O4. The van der Waals surface area contributed by atoms with Crippen LogP contribution in [0.4, 0.5) is 55.1 Å². The molecule has 0 bridgehead atoms. The highest BCUT2D eigenvalue weighted by atomic mass is 79.9. The maximum atomic E-state index is 14.0. The monoisotopic (exact) mass is 1570 g/mol. The fourth-order valence-electron chi connectivity index (χ4n) is 12.5. The number of hydrogen-bond acceptors (Lipinski definition) is 9. The standard InChI is InChI=1S/C20H16ClN5O.C19H16BrClN4O.C19H15ClF2N4O.C19H16ClFN4O/c21-15-7-6-14(11-22)18(10-15)23-20(27)26-9-8-17-16(12-26)19(25-24-17)13-4-2-1-3-5-13;20-15-7-6-13(10-16(15)21)22-19(26)25-9-8-17-14(11-25)18(24-23-17)12-4-2-1-3-5-12;20-16-13(21)6-7-15(17(16)22)23-19(27)26-9-8-14-12(10-26)18(25-24-14)11-4-2-1-3-5-11;20-13-6-7-15(21)17(10-13)22-19(26)25-9-8-16-14(11-25)18(24-23-16)12-4-2-1-3-5-12/h1-7,10H,8-9,12H2,(H,23,27)(H,24,25);1-7,10H,8-9,11H2,(H,22,26)(H,23,24);1-7H,8-10H2,(H,23,27)(H,24,25);1-7,10H,8-9,11H2,(H,22,26)(H,23,24). The van der Waals surface area contributed by atoms with E-state index in [0.717, 1.165) is 113 Å². The summed E-state index contributed by atoms with van der Waals surface area (Å²) in [6.45, 7) is 3.89. The second kappa shape index (κ2) is 33.1. The second-order valence-electron chi connectivity index (χ2n) is 24.8. The van der Waals surface area contributed by atoms with Gasteiger partial charge in [-0.2, -0.15) is 25.7 Å². The number of carbonyl (C=O) groups excluding carboxylic acids is 4. The van der Waals surface area contributed by atoms with Gasteiger partial charge in [0.1, 0.15) is 22.7 Å². The number of nitriles is 1. The molecular weight excluding hydrogens is 1510 g/mol. The third kappa shape index (κ3) is 16.9. The zero-order valence-electron chi connectivity index (χ0n) is 56.1. The number of benzene rings is 8. The molecule has 12 aromatic rings. The largest absolute Gasteiger partial charge is 0.322 e. The van der Waals surface area contributed by atoms with Crippen LogP contribution in [0.25, 0.3) is 45.0 Å². The number of nitrogens with zero attached hydrogens (tertiary/aromatic N) is 9. The van der Waals surface area contributed by atoms with Crippen LogP contribution in [0.3, 0.4) is 0 Å². The van der Waals surface area contributed by atoms with Gasteiger partial charge in [-0.05, 0) is 82.7 Å². The SMILES string of the molecule is N#Cc1ccc(Cl)cc1NC(=O)N1CCc2[nH]nc(-c3ccccc3)c2C1.O=C(Nc1cc(Cl)ccc1F)N1CCc2[nH]nc(-c3ccccc3)c2C1.O=C(Nc1ccc(Br)c(Cl)c1)N1CCc2[nH]nc(-c3ccccc3)c2C1.O=C(Nc1ccc(F)c(Cl)c1F)N1CCc2[nH]nc(-c3ccccc3)c2C1. The molecule has 0 radical (unpaired) electrons. The van der Waals surface area contributed by atoms with E-state index in [1.807, 2.05) is 133 Å². The lowest BCUT2D eigenvalue weighted by atomic mass is 10.0. The molecule has 4 aliphatic heterocycles. The van der Waals surface area contributed by atoms with E-state index < -0.39 is 28.5 Å². The maximum Gasteiger partial charge on any atom is 0.322 e. The van der Waals surface area contributed by atoms with Crippen LogP contribution in [0.2, 0.25) is 20.1 Å². The minimum Gasteiger partial charge on any atom is -0.320 e. The van der Waals surface area contributed by atoms with Crippen molar-refractivity contribution in [1.29, 1.82) is 5.26 Å². The molecule has 0 spiro atoms. The molecule has 4 aromatic heterocycles. The smallest absolute Gasteiger partial charge is 0.320 e. The van der Waals surface area contributed by atoms with Crippen LogP contribution < -0.4 is 21.3 Å². The molecule has 16 rings (SSSR count). The van der Waals surface area contributed by atoms with Gasteiger partial charge in [0.25, 0.3) is 0 Å². The van der Waals surface area contributed by atoms with Crippen molar-refractivity contribution < 1.29 is 32.3 Å². The summed E-state index contributed by atoms with van der Waals surface area (Å²) in [4.78, 5) is 57.3. The fraction of sp³-hybridized carbons (Fsp3) is 0.156. The number of amides is 8. The molecule has 0 fully saturated rings. The average Bonchev–Trinajstić information content (AvgIpc) is 1.57.